The van der Waals surface area contributed by atoms with Gasteiger partial charge in [0.25, 0.3) is 5.91 Å². The Balaban J connectivity index is 1.77. The Hall–Kier alpha value is -3.12. The van der Waals surface area contributed by atoms with Gasteiger partial charge in [-0.25, -0.2) is 4.79 Å². The Bertz CT molecular complexity index is 1060. The van der Waals surface area contributed by atoms with Crippen molar-refractivity contribution in [3.05, 3.63) is 77.1 Å². The van der Waals surface area contributed by atoms with Crippen LogP contribution >= 0.6 is 0 Å². The minimum atomic E-state index is -1.59. The second-order valence-electron chi connectivity index (χ2n) is 7.97. The predicted molar refractivity (Wildman–Crippen MR) is 105 cm³/mol. The number of hydrogen-bond acceptors (Lipinski definition) is 5. The molecule has 29 heavy (non-hydrogen) atoms. The summed E-state index contributed by atoms with van der Waals surface area (Å²) in [6.45, 7) is 3.37. The van der Waals surface area contributed by atoms with Crippen molar-refractivity contribution in [1.82, 2.24) is 0 Å². The molecule has 0 fully saturated rings. The van der Waals surface area contributed by atoms with Gasteiger partial charge in [0, 0.05) is 32.9 Å². The Morgan fingerprint density at radius 3 is 2.41 bits per heavy atom. The standard InChI is InChI=1S/C23H21NO5/c1-22(2)27-18-13-17(14-9-5-4-6-10-14)28-23(19(18)20(25)29-22)15-11-7-8-12-16(15)24(3)21(23)26/h4-12,17H,13H2,1-3H3/t17-,23-/m0/s1. The summed E-state index contributed by atoms with van der Waals surface area (Å²) in [4.78, 5) is 28.2. The normalized spacial score (nSPS) is 27.4. The highest BCUT2D eigenvalue weighted by Crippen LogP contribution is 2.55. The summed E-state index contributed by atoms with van der Waals surface area (Å²) in [6.07, 6.45) is -0.0983. The molecule has 2 atom stereocenters. The van der Waals surface area contributed by atoms with Gasteiger partial charge < -0.3 is 19.1 Å². The van der Waals surface area contributed by atoms with Gasteiger partial charge in [-0.2, -0.15) is 0 Å². The smallest absolute Gasteiger partial charge is 0.344 e. The van der Waals surface area contributed by atoms with Crippen LogP contribution in [-0.4, -0.2) is 24.7 Å². The van der Waals surface area contributed by atoms with Gasteiger partial charge in [0.15, 0.2) is 0 Å². The highest BCUT2D eigenvalue weighted by atomic mass is 16.7. The first kappa shape index (κ1) is 17.9. The maximum atomic E-state index is 13.6. The summed E-state index contributed by atoms with van der Waals surface area (Å²) in [5.74, 6) is -1.57. The summed E-state index contributed by atoms with van der Waals surface area (Å²) in [5, 5.41) is 0. The average molecular weight is 391 g/mol. The second-order valence-corrected chi connectivity index (χ2v) is 7.97. The van der Waals surface area contributed by atoms with E-state index in [0.717, 1.165) is 5.56 Å². The van der Waals surface area contributed by atoms with Gasteiger partial charge in [-0.15, -0.1) is 0 Å². The number of cyclic esters (lactones) is 1. The van der Waals surface area contributed by atoms with Gasteiger partial charge in [-0.3, -0.25) is 4.79 Å². The number of esters is 1. The fourth-order valence-electron chi connectivity index (χ4n) is 4.46. The van der Waals surface area contributed by atoms with E-state index < -0.39 is 23.5 Å². The monoisotopic (exact) mass is 391 g/mol. The molecule has 3 heterocycles. The number of likely N-dealkylation sites (N-methyl/N-ethyl adjacent to an activating group) is 1. The van der Waals surface area contributed by atoms with Crippen molar-refractivity contribution in [2.24, 2.45) is 0 Å². The number of carbonyl (C=O) groups excluding carboxylic acids is 2. The van der Waals surface area contributed by atoms with Crippen molar-refractivity contribution >= 4 is 17.6 Å². The van der Waals surface area contributed by atoms with Gasteiger partial charge in [0.05, 0.1) is 11.8 Å². The summed E-state index contributed by atoms with van der Waals surface area (Å²) < 4.78 is 18.1. The molecule has 148 valence electrons. The molecule has 0 saturated carbocycles. The first-order valence-corrected chi connectivity index (χ1v) is 9.60. The molecule has 0 aliphatic carbocycles. The van der Waals surface area contributed by atoms with Crippen LogP contribution in [0.25, 0.3) is 0 Å². The lowest BCUT2D eigenvalue weighted by Crippen LogP contribution is -2.52. The van der Waals surface area contributed by atoms with Crippen LogP contribution in [0, 0.1) is 0 Å². The maximum absolute atomic E-state index is 13.6. The van der Waals surface area contributed by atoms with Gasteiger partial charge >= 0.3 is 5.97 Å². The fraction of sp³-hybridized carbons (Fsp3) is 0.304. The molecule has 0 unspecified atom stereocenters. The highest BCUT2D eigenvalue weighted by molar-refractivity contribution is 6.14. The minimum Gasteiger partial charge on any atom is -0.456 e. The average Bonchev–Trinajstić information content (AvgIpc) is 2.90. The maximum Gasteiger partial charge on any atom is 0.344 e. The number of para-hydroxylation sites is 1. The van der Waals surface area contributed by atoms with Gasteiger partial charge in [-0.05, 0) is 11.6 Å². The van der Waals surface area contributed by atoms with Crippen LogP contribution in [0.1, 0.15) is 37.5 Å². The molecule has 3 aliphatic heterocycles. The number of benzene rings is 2. The zero-order valence-electron chi connectivity index (χ0n) is 16.5. The van der Waals surface area contributed by atoms with Crippen molar-refractivity contribution in [2.45, 2.75) is 37.8 Å². The van der Waals surface area contributed by atoms with E-state index in [1.807, 2.05) is 54.6 Å². The molecule has 0 saturated heterocycles. The Morgan fingerprint density at radius 1 is 0.966 bits per heavy atom. The number of hydrogen-bond donors (Lipinski definition) is 0. The molecule has 5 rings (SSSR count). The van der Waals surface area contributed by atoms with E-state index >= 15 is 0 Å². The topological polar surface area (TPSA) is 65.1 Å². The van der Waals surface area contributed by atoms with Crippen LogP contribution in [0.4, 0.5) is 5.69 Å². The molecule has 2 aromatic rings. The minimum absolute atomic E-state index is 0.144. The van der Waals surface area contributed by atoms with Crippen molar-refractivity contribution in [3.63, 3.8) is 0 Å². The summed E-state index contributed by atoms with van der Waals surface area (Å²) in [7, 11) is 1.69. The van der Waals surface area contributed by atoms with Crippen molar-refractivity contribution in [2.75, 3.05) is 11.9 Å². The lowest BCUT2D eigenvalue weighted by Gasteiger charge is -2.44. The molecule has 0 aromatic heterocycles. The second kappa shape index (κ2) is 5.94. The van der Waals surface area contributed by atoms with E-state index in [1.165, 1.54) is 4.90 Å². The highest BCUT2D eigenvalue weighted by Gasteiger charge is 2.62. The number of fused-ring (bicyclic) bond motifs is 3. The van der Waals surface area contributed by atoms with Gasteiger partial charge in [0.2, 0.25) is 11.4 Å². The van der Waals surface area contributed by atoms with E-state index in [4.69, 9.17) is 14.2 Å². The molecule has 2 aromatic carbocycles. The summed E-state index contributed by atoms with van der Waals surface area (Å²) in [5.41, 5.74) is 0.800. The molecule has 1 spiro atoms. The SMILES string of the molecule is CN1C(=O)[C@]2(O[C@H](c3ccccc3)CC3=C2C(=O)OC(C)(C)O3)c2ccccc21. The zero-order chi connectivity index (χ0) is 20.4. The third kappa shape index (κ3) is 2.45. The van der Waals surface area contributed by atoms with E-state index in [1.54, 1.807) is 20.9 Å². The number of nitrogens with zero attached hydrogens (tertiary/aromatic N) is 1. The summed E-state index contributed by atoms with van der Waals surface area (Å²) >= 11 is 0. The predicted octanol–water partition coefficient (Wildman–Crippen LogP) is 3.58. The number of carbonyl (C=O) groups is 2. The molecular weight excluding hydrogens is 370 g/mol. The van der Waals surface area contributed by atoms with Crippen molar-refractivity contribution in [1.29, 1.82) is 0 Å². The molecule has 0 bridgehead atoms. The first-order valence-electron chi connectivity index (χ1n) is 9.60. The zero-order valence-corrected chi connectivity index (χ0v) is 16.5. The molecule has 1 amide bonds. The van der Waals surface area contributed by atoms with Gasteiger partial charge in [0.1, 0.15) is 11.3 Å². The third-order valence-corrected chi connectivity index (χ3v) is 5.65. The Morgan fingerprint density at radius 2 is 1.66 bits per heavy atom. The fourth-order valence-corrected chi connectivity index (χ4v) is 4.46. The van der Waals surface area contributed by atoms with Crippen LogP contribution in [0.15, 0.2) is 65.9 Å². The van der Waals surface area contributed by atoms with Crippen molar-refractivity contribution < 1.29 is 23.8 Å². The number of ether oxygens (including phenoxy) is 3. The molecule has 3 aliphatic rings. The van der Waals surface area contributed by atoms with Crippen LogP contribution in [0.2, 0.25) is 0 Å². The van der Waals surface area contributed by atoms with Crippen LogP contribution < -0.4 is 4.90 Å². The van der Waals surface area contributed by atoms with Crippen molar-refractivity contribution in [3.8, 4) is 0 Å². The Labute approximate surface area is 168 Å². The van der Waals surface area contributed by atoms with E-state index in [0.29, 0.717) is 23.4 Å². The number of anilines is 1. The van der Waals surface area contributed by atoms with E-state index in [9.17, 15) is 9.59 Å². The Kier molecular flexibility index (Phi) is 3.67. The first-order chi connectivity index (χ1) is 13.8. The van der Waals surface area contributed by atoms with Crippen LogP contribution in [0.3, 0.4) is 0 Å². The summed E-state index contributed by atoms with van der Waals surface area (Å²) in [6, 6.07) is 17.0. The largest absolute Gasteiger partial charge is 0.456 e. The molecular formula is C23H21NO5. The van der Waals surface area contributed by atoms with Crippen LogP contribution in [0.5, 0.6) is 0 Å². The molecule has 6 heteroatoms. The van der Waals surface area contributed by atoms with Crippen LogP contribution in [-0.2, 0) is 29.4 Å². The molecule has 0 N–H and O–H groups in total. The third-order valence-electron chi connectivity index (χ3n) is 5.65. The molecule has 0 radical (unpaired) electrons. The van der Waals surface area contributed by atoms with E-state index in [2.05, 4.69) is 0 Å². The quantitative estimate of drug-likeness (QED) is 0.695. The van der Waals surface area contributed by atoms with E-state index in [-0.39, 0.29) is 11.5 Å². The lowest BCUT2D eigenvalue weighted by atomic mass is 9.81. The molecule has 6 nitrogen and oxygen atoms in total. The lowest BCUT2D eigenvalue weighted by molar-refractivity contribution is -0.224. The number of rotatable bonds is 1. The van der Waals surface area contributed by atoms with Gasteiger partial charge in [-0.1, -0.05) is 48.5 Å². The number of amides is 1.